The molecule has 3 amide bonds. The zero-order chi connectivity index (χ0) is 39.7. The van der Waals surface area contributed by atoms with E-state index in [1.165, 1.54) is 18.3 Å². The number of thiazole rings is 1. The molecule has 4 rings (SSSR count). The Kier molecular flexibility index (Phi) is 15.2. The van der Waals surface area contributed by atoms with Gasteiger partial charge in [-0.15, -0.1) is 11.3 Å². The lowest BCUT2D eigenvalue weighted by molar-refractivity contribution is -0.150. The van der Waals surface area contributed by atoms with Crippen LogP contribution in [0.3, 0.4) is 0 Å². The fourth-order valence-corrected chi connectivity index (χ4v) is 9.10. The number of piperidine rings is 2. The number of nitrogens with one attached hydrogen (secondary N) is 2. The first kappa shape index (κ1) is 42.9. The molecule has 2 aromatic rings. The number of carbonyl (C=O) groups is 5. The van der Waals surface area contributed by atoms with Crippen molar-refractivity contribution in [1.82, 2.24) is 25.4 Å². The van der Waals surface area contributed by atoms with Crippen molar-refractivity contribution < 1.29 is 33.8 Å². The van der Waals surface area contributed by atoms with E-state index in [9.17, 15) is 29.1 Å². The number of nitrogens with zero attached hydrogens (tertiary/aromatic N) is 3. The average Bonchev–Trinajstić information content (AvgIpc) is 3.62. The molecule has 2 fully saturated rings. The summed E-state index contributed by atoms with van der Waals surface area (Å²) in [5.41, 5.74) is 0.496. The quantitative estimate of drug-likeness (QED) is 0.155. The lowest BCUT2D eigenvalue weighted by Gasteiger charge is -2.52. The molecule has 0 unspecified atom stereocenters. The highest BCUT2D eigenvalue weighted by Gasteiger charge is 2.50. The molecule has 2 bridgehead atoms. The van der Waals surface area contributed by atoms with Crippen LogP contribution in [0.2, 0.25) is 0 Å². The summed E-state index contributed by atoms with van der Waals surface area (Å²) in [4.78, 5) is 74.7. The number of carboxylic acids is 1. The maximum atomic E-state index is 14.4. The maximum absolute atomic E-state index is 14.4. The number of carbonyl (C=O) groups excluding carboxylic acids is 4. The van der Waals surface area contributed by atoms with Gasteiger partial charge in [-0.05, 0) is 75.8 Å². The molecule has 3 N–H and O–H groups in total. The van der Waals surface area contributed by atoms with Crippen LogP contribution in [-0.4, -0.2) is 93.4 Å². The van der Waals surface area contributed by atoms with Crippen molar-refractivity contribution in [3.05, 3.63) is 52.0 Å². The summed E-state index contributed by atoms with van der Waals surface area (Å²) in [5, 5.41) is 17.8. The number of carboxylic acid groups (broad SMARTS) is 1. The predicted octanol–water partition coefficient (Wildman–Crippen LogP) is 6.01. The van der Waals surface area contributed by atoms with Gasteiger partial charge in [0.15, 0.2) is 6.10 Å². The van der Waals surface area contributed by atoms with Crippen molar-refractivity contribution in [2.75, 3.05) is 14.1 Å². The molecule has 3 heterocycles. The molecule has 2 saturated heterocycles. The molecule has 1 aromatic heterocycles. The number of aromatic nitrogens is 1. The predicted molar refractivity (Wildman–Crippen MR) is 209 cm³/mol. The first-order valence-electron chi connectivity index (χ1n) is 19.6. The van der Waals surface area contributed by atoms with Crippen molar-refractivity contribution in [2.45, 2.75) is 142 Å². The normalized spacial score (nSPS) is 21.9. The van der Waals surface area contributed by atoms with Crippen molar-refractivity contribution in [2.24, 2.45) is 17.8 Å². The van der Waals surface area contributed by atoms with Gasteiger partial charge in [0.05, 0.1) is 5.92 Å². The van der Waals surface area contributed by atoms with Gasteiger partial charge in [-0.2, -0.15) is 0 Å². The van der Waals surface area contributed by atoms with Gasteiger partial charge in [0.25, 0.3) is 5.91 Å². The highest BCUT2D eigenvalue weighted by atomic mass is 32.1. The largest absolute Gasteiger partial charge is 0.481 e. The molecule has 298 valence electrons. The van der Waals surface area contributed by atoms with Gasteiger partial charge < -0.3 is 25.4 Å². The molecule has 2 aliphatic heterocycles. The molecule has 0 radical (unpaired) electrons. The van der Waals surface area contributed by atoms with Crippen LogP contribution in [0, 0.1) is 17.8 Å². The van der Waals surface area contributed by atoms with Gasteiger partial charge in [-0.25, -0.2) is 4.98 Å². The fourth-order valence-electron chi connectivity index (χ4n) is 8.26. The Bertz CT molecular complexity index is 1590. The topological polar surface area (TPSA) is 158 Å². The van der Waals surface area contributed by atoms with E-state index in [1.807, 2.05) is 58.0 Å². The maximum Gasteiger partial charge on any atom is 0.306 e. The molecule has 0 spiro atoms. The van der Waals surface area contributed by atoms with Gasteiger partial charge >= 0.3 is 11.9 Å². The summed E-state index contributed by atoms with van der Waals surface area (Å²) in [6.07, 6.45) is 6.51. The van der Waals surface area contributed by atoms with E-state index in [2.05, 4.69) is 27.6 Å². The van der Waals surface area contributed by atoms with Crippen molar-refractivity contribution >= 4 is 41.0 Å². The fraction of sp³-hybridized carbons (Fsp3) is 0.659. The van der Waals surface area contributed by atoms with E-state index >= 15 is 0 Å². The monoisotopic (exact) mass is 767 g/mol. The van der Waals surface area contributed by atoms with E-state index in [0.29, 0.717) is 23.9 Å². The molecule has 0 saturated carbocycles. The van der Waals surface area contributed by atoms with E-state index < -0.39 is 53.5 Å². The Labute approximate surface area is 324 Å². The number of fused-ring (bicyclic) bond motifs is 2. The van der Waals surface area contributed by atoms with Crippen LogP contribution in [0.15, 0.2) is 35.7 Å². The minimum atomic E-state index is -0.942. The second-order valence-electron chi connectivity index (χ2n) is 15.9. The highest BCUT2D eigenvalue weighted by Crippen LogP contribution is 2.41. The second-order valence-corrected chi connectivity index (χ2v) is 16.8. The third-order valence-electron chi connectivity index (χ3n) is 11.8. The molecule has 2 aliphatic rings. The lowest BCUT2D eigenvalue weighted by atomic mass is 9.73. The smallest absolute Gasteiger partial charge is 0.306 e. The second kappa shape index (κ2) is 19.2. The van der Waals surface area contributed by atoms with E-state index in [4.69, 9.17) is 4.74 Å². The first-order chi connectivity index (χ1) is 25.6. The average molecular weight is 768 g/mol. The van der Waals surface area contributed by atoms with Crippen molar-refractivity contribution in [3.8, 4) is 0 Å². The minimum Gasteiger partial charge on any atom is -0.481 e. The molecule has 0 aliphatic carbocycles. The number of rotatable bonds is 18. The Hall–Kier alpha value is -3.84. The lowest BCUT2D eigenvalue weighted by Crippen LogP contribution is -2.67. The van der Waals surface area contributed by atoms with Crippen LogP contribution >= 0.6 is 11.3 Å². The van der Waals surface area contributed by atoms with E-state index in [-0.39, 0.29) is 42.2 Å². The SMILES string of the molecule is CC[C@H](C)[C@H](NC(=O)C12CCCC(CCC1)N2C)C(=O)N(C)[C@H](C[C@@H](OC(C)=O)c1nc(C(=O)N[C@@H](Cc2ccccc2)C[C@H](C)C(=O)O)cs1)C(C)C. The molecule has 54 heavy (non-hydrogen) atoms. The summed E-state index contributed by atoms with van der Waals surface area (Å²) in [6.45, 7) is 10.9. The van der Waals surface area contributed by atoms with Crippen LogP contribution in [-0.2, 0) is 30.3 Å². The van der Waals surface area contributed by atoms with Crippen LogP contribution in [0.4, 0.5) is 0 Å². The van der Waals surface area contributed by atoms with Crippen molar-refractivity contribution in [3.63, 3.8) is 0 Å². The number of hydrogen-bond donors (Lipinski definition) is 3. The van der Waals surface area contributed by atoms with Gasteiger partial charge in [0.1, 0.15) is 22.3 Å². The Balaban J connectivity index is 1.52. The van der Waals surface area contributed by atoms with Gasteiger partial charge in [0.2, 0.25) is 11.8 Å². The van der Waals surface area contributed by atoms with Crippen LogP contribution in [0.25, 0.3) is 0 Å². The third kappa shape index (κ3) is 10.5. The van der Waals surface area contributed by atoms with Crippen LogP contribution in [0.5, 0.6) is 0 Å². The number of esters is 1. The molecule has 12 nitrogen and oxygen atoms in total. The number of benzene rings is 1. The standard InChI is InChI=1S/C41H61N5O7S/c1-9-26(4)35(44-40(52)41-19-13-17-31(46(41)8)18-14-20-41)38(49)45(7)33(25(2)3)23-34(53-28(6)47)37-43-32(24-54-37)36(48)42-30(21-27(5)39(50)51)22-29-15-11-10-12-16-29/h10-12,15-16,24-27,30-31,33-35H,9,13-14,17-23H2,1-8H3,(H,42,48)(H,44,52)(H,50,51)/t26-,27-,30+,31?,33+,34+,35-,41?/m0/s1. The zero-order valence-corrected chi connectivity index (χ0v) is 34.1. The highest BCUT2D eigenvalue weighted by molar-refractivity contribution is 7.09. The van der Waals surface area contributed by atoms with Crippen LogP contribution in [0.1, 0.15) is 126 Å². The molecule has 6 atom stereocenters. The van der Waals surface area contributed by atoms with Gasteiger partial charge in [-0.3, -0.25) is 28.9 Å². The van der Waals surface area contributed by atoms with Crippen molar-refractivity contribution in [1.29, 1.82) is 0 Å². The summed E-state index contributed by atoms with van der Waals surface area (Å²) < 4.78 is 5.81. The number of likely N-dealkylation sites (N-methyl/N-ethyl adjacent to an activating group) is 2. The Morgan fingerprint density at radius 3 is 2.26 bits per heavy atom. The number of aliphatic carboxylic acids is 1. The van der Waals surface area contributed by atoms with Gasteiger partial charge in [-0.1, -0.05) is 71.4 Å². The Morgan fingerprint density at radius 1 is 1.04 bits per heavy atom. The van der Waals surface area contributed by atoms with E-state index in [1.54, 1.807) is 24.3 Å². The molecular formula is C41H61N5O7S. The number of amides is 3. The molecule has 1 aromatic carbocycles. The Morgan fingerprint density at radius 2 is 1.69 bits per heavy atom. The summed E-state index contributed by atoms with van der Waals surface area (Å²) in [7, 11) is 3.79. The molecule has 13 heteroatoms. The number of ether oxygens (including phenoxy) is 1. The number of hydrogen-bond acceptors (Lipinski definition) is 9. The van der Waals surface area contributed by atoms with Gasteiger partial charge in [0, 0.05) is 43.9 Å². The first-order valence-corrected chi connectivity index (χ1v) is 20.5. The minimum absolute atomic E-state index is 0.0508. The summed E-state index contributed by atoms with van der Waals surface area (Å²) in [6, 6.07) is 8.36. The third-order valence-corrected chi connectivity index (χ3v) is 12.7. The molecular weight excluding hydrogens is 707 g/mol. The zero-order valence-electron chi connectivity index (χ0n) is 33.3. The summed E-state index contributed by atoms with van der Waals surface area (Å²) >= 11 is 1.19. The van der Waals surface area contributed by atoms with Crippen LogP contribution < -0.4 is 10.6 Å². The summed E-state index contributed by atoms with van der Waals surface area (Å²) in [5.74, 6) is -3.02. The van der Waals surface area contributed by atoms with E-state index in [0.717, 1.165) is 44.1 Å².